The molecular weight excluding hydrogens is 418 g/mol. The lowest BCUT2D eigenvalue weighted by molar-refractivity contribution is -0.128. The molecule has 0 spiro atoms. The summed E-state index contributed by atoms with van der Waals surface area (Å²) in [5.41, 5.74) is 0. The van der Waals surface area contributed by atoms with Crippen LogP contribution in [0.3, 0.4) is 0 Å². The van der Waals surface area contributed by atoms with Gasteiger partial charge in [-0.25, -0.2) is 13.1 Å². The first-order valence-corrected chi connectivity index (χ1v) is 12.8. The van der Waals surface area contributed by atoms with Gasteiger partial charge in [-0.1, -0.05) is 24.6 Å². The molecule has 2 aliphatic heterocycles. The highest BCUT2D eigenvalue weighted by Gasteiger charge is 2.32. The predicted octanol–water partition coefficient (Wildman–Crippen LogP) is 1.26. The summed E-state index contributed by atoms with van der Waals surface area (Å²) in [5.74, 6) is -0.00769. The van der Waals surface area contributed by atoms with Crippen molar-refractivity contribution in [3.05, 3.63) is 30.3 Å². The number of piperidine rings is 1. The summed E-state index contributed by atoms with van der Waals surface area (Å²) in [6, 6.07) is 8.04. The van der Waals surface area contributed by atoms with Crippen LogP contribution < -0.4 is 10.0 Å². The monoisotopic (exact) mass is 453 g/mol. The topological polar surface area (TPSA) is 108 Å². The van der Waals surface area contributed by atoms with Crippen LogP contribution in [0, 0.1) is 0 Å². The molecule has 1 aromatic rings. The van der Waals surface area contributed by atoms with Crippen LogP contribution in [0.25, 0.3) is 0 Å². The van der Waals surface area contributed by atoms with Crippen molar-refractivity contribution in [2.75, 3.05) is 32.8 Å². The van der Waals surface area contributed by atoms with E-state index in [2.05, 4.69) is 14.9 Å². The molecule has 31 heavy (non-hydrogen) atoms. The summed E-state index contributed by atoms with van der Waals surface area (Å²) in [5, 5.41) is 12.8. The number of aliphatic hydroxyl groups excluding tert-OH is 1. The molecule has 2 aliphatic rings. The molecule has 9 heteroatoms. The number of ether oxygens (including phenoxy) is 1. The van der Waals surface area contributed by atoms with Gasteiger partial charge in [0.1, 0.15) is 6.10 Å². The zero-order chi connectivity index (χ0) is 22.1. The standard InChI is InChI=1S/C22H35N3O5S/c26-17-21-20(24-22(27)12-16-25-14-5-2-6-15-25)10-9-18(30-21)11-13-23-31(28,29)19-7-3-1-4-8-19/h1,3-4,7-8,18,20-21,23,26H,2,5-6,9-17H2,(H,24,27)/t18-,20+,21-/m0/s1. The summed E-state index contributed by atoms with van der Waals surface area (Å²) >= 11 is 0. The van der Waals surface area contributed by atoms with Crippen LogP contribution in [0.4, 0.5) is 0 Å². The fourth-order valence-electron chi connectivity index (χ4n) is 4.27. The molecule has 3 N–H and O–H groups in total. The molecule has 1 amide bonds. The van der Waals surface area contributed by atoms with Crippen LogP contribution in [0.5, 0.6) is 0 Å². The van der Waals surface area contributed by atoms with Gasteiger partial charge in [-0.3, -0.25) is 4.79 Å². The first kappa shape index (κ1) is 24.1. The molecular formula is C22H35N3O5S. The molecule has 0 aliphatic carbocycles. The van der Waals surface area contributed by atoms with Crippen molar-refractivity contribution >= 4 is 15.9 Å². The number of rotatable bonds is 10. The number of hydrogen-bond donors (Lipinski definition) is 3. The molecule has 0 bridgehead atoms. The molecule has 2 saturated heterocycles. The Bertz CT molecular complexity index is 784. The number of aliphatic hydroxyl groups is 1. The highest BCUT2D eigenvalue weighted by Crippen LogP contribution is 2.22. The Morgan fingerprint density at radius 3 is 2.58 bits per heavy atom. The van der Waals surface area contributed by atoms with Crippen molar-refractivity contribution in [3.63, 3.8) is 0 Å². The van der Waals surface area contributed by atoms with E-state index in [-0.39, 0.29) is 36.1 Å². The highest BCUT2D eigenvalue weighted by atomic mass is 32.2. The number of carbonyl (C=O) groups excluding carboxylic acids is 1. The van der Waals surface area contributed by atoms with E-state index in [4.69, 9.17) is 4.74 Å². The summed E-state index contributed by atoms with van der Waals surface area (Å²) in [6.45, 7) is 2.98. The minimum absolute atomic E-state index is 0.00769. The van der Waals surface area contributed by atoms with Gasteiger partial charge in [0.15, 0.2) is 0 Å². The average molecular weight is 454 g/mol. The van der Waals surface area contributed by atoms with Crippen LogP contribution >= 0.6 is 0 Å². The lowest BCUT2D eigenvalue weighted by Gasteiger charge is -2.36. The van der Waals surface area contributed by atoms with Crippen LogP contribution in [0.1, 0.15) is 44.9 Å². The quantitative estimate of drug-likeness (QED) is 0.492. The van der Waals surface area contributed by atoms with Crippen molar-refractivity contribution in [3.8, 4) is 0 Å². The number of hydrogen-bond acceptors (Lipinski definition) is 6. The molecule has 3 atom stereocenters. The van der Waals surface area contributed by atoms with E-state index in [9.17, 15) is 18.3 Å². The number of sulfonamides is 1. The van der Waals surface area contributed by atoms with Gasteiger partial charge in [0.2, 0.25) is 15.9 Å². The molecule has 2 heterocycles. The Balaban J connectivity index is 1.39. The summed E-state index contributed by atoms with van der Waals surface area (Å²) in [4.78, 5) is 14.9. The summed E-state index contributed by atoms with van der Waals surface area (Å²) < 4.78 is 33.2. The Labute approximate surface area is 185 Å². The molecule has 0 radical (unpaired) electrons. The van der Waals surface area contributed by atoms with Crippen molar-refractivity contribution in [1.82, 2.24) is 14.9 Å². The van der Waals surface area contributed by atoms with Crippen LogP contribution in [-0.4, -0.2) is 75.4 Å². The first-order chi connectivity index (χ1) is 15.0. The molecule has 0 saturated carbocycles. The summed E-state index contributed by atoms with van der Waals surface area (Å²) in [6.07, 6.45) is 5.44. The number of nitrogens with zero attached hydrogens (tertiary/aromatic N) is 1. The van der Waals surface area contributed by atoms with Gasteiger partial charge in [-0.2, -0.15) is 0 Å². The fraction of sp³-hybridized carbons (Fsp3) is 0.682. The SMILES string of the molecule is O=C(CCN1CCCCC1)N[C@@H]1CC[C@@H](CCNS(=O)(=O)c2ccccc2)O[C@H]1CO. The van der Waals surface area contributed by atoms with Gasteiger partial charge in [0.25, 0.3) is 0 Å². The van der Waals surface area contributed by atoms with Crippen molar-refractivity contribution < 1.29 is 23.1 Å². The third-order valence-electron chi connectivity index (χ3n) is 6.06. The van der Waals surface area contributed by atoms with E-state index in [1.165, 1.54) is 19.3 Å². The van der Waals surface area contributed by atoms with Gasteiger partial charge in [0, 0.05) is 19.5 Å². The van der Waals surface area contributed by atoms with Crippen molar-refractivity contribution in [2.24, 2.45) is 0 Å². The lowest BCUT2D eigenvalue weighted by Crippen LogP contribution is -2.51. The zero-order valence-corrected chi connectivity index (χ0v) is 18.9. The van der Waals surface area contributed by atoms with Gasteiger partial charge in [-0.15, -0.1) is 0 Å². The molecule has 2 fully saturated rings. The maximum absolute atomic E-state index is 12.4. The van der Waals surface area contributed by atoms with E-state index >= 15 is 0 Å². The van der Waals surface area contributed by atoms with Gasteiger partial charge >= 0.3 is 0 Å². The largest absolute Gasteiger partial charge is 0.394 e. The fourth-order valence-corrected chi connectivity index (χ4v) is 5.34. The highest BCUT2D eigenvalue weighted by molar-refractivity contribution is 7.89. The summed E-state index contributed by atoms with van der Waals surface area (Å²) in [7, 11) is -3.54. The molecule has 0 aromatic heterocycles. The molecule has 8 nitrogen and oxygen atoms in total. The average Bonchev–Trinajstić information content (AvgIpc) is 2.80. The Kier molecular flexibility index (Phi) is 9.28. The molecule has 0 unspecified atom stereocenters. The van der Waals surface area contributed by atoms with E-state index in [0.717, 1.165) is 19.6 Å². The van der Waals surface area contributed by atoms with Gasteiger partial charge < -0.3 is 20.1 Å². The van der Waals surface area contributed by atoms with E-state index in [0.29, 0.717) is 25.7 Å². The number of amides is 1. The van der Waals surface area contributed by atoms with Gasteiger partial charge in [0.05, 0.1) is 23.6 Å². The smallest absolute Gasteiger partial charge is 0.240 e. The predicted molar refractivity (Wildman–Crippen MR) is 118 cm³/mol. The van der Waals surface area contributed by atoms with Crippen molar-refractivity contribution in [2.45, 2.75) is 68.1 Å². The molecule has 3 rings (SSSR count). The maximum atomic E-state index is 12.4. The number of nitrogens with one attached hydrogen (secondary N) is 2. The minimum Gasteiger partial charge on any atom is -0.394 e. The number of benzene rings is 1. The second-order valence-corrected chi connectivity index (χ2v) is 10.1. The second-order valence-electron chi connectivity index (χ2n) is 8.38. The Morgan fingerprint density at radius 1 is 1.13 bits per heavy atom. The number of likely N-dealkylation sites (tertiary alicyclic amines) is 1. The van der Waals surface area contributed by atoms with Crippen LogP contribution in [-0.2, 0) is 19.6 Å². The zero-order valence-electron chi connectivity index (χ0n) is 18.0. The van der Waals surface area contributed by atoms with E-state index in [1.54, 1.807) is 30.3 Å². The number of carbonyl (C=O) groups is 1. The maximum Gasteiger partial charge on any atom is 0.240 e. The Hall–Kier alpha value is -1.52. The van der Waals surface area contributed by atoms with E-state index in [1.807, 2.05) is 0 Å². The van der Waals surface area contributed by atoms with E-state index < -0.39 is 16.1 Å². The lowest BCUT2D eigenvalue weighted by atomic mass is 9.97. The normalized spacial score (nSPS) is 25.3. The third kappa shape index (κ3) is 7.54. The molecule has 174 valence electrons. The first-order valence-electron chi connectivity index (χ1n) is 11.3. The molecule has 1 aromatic carbocycles. The minimum atomic E-state index is -3.54. The van der Waals surface area contributed by atoms with Crippen LogP contribution in [0.2, 0.25) is 0 Å². The second kappa shape index (κ2) is 11.9. The van der Waals surface area contributed by atoms with Crippen LogP contribution in [0.15, 0.2) is 35.2 Å². The third-order valence-corrected chi connectivity index (χ3v) is 7.53. The Morgan fingerprint density at radius 2 is 1.87 bits per heavy atom. The van der Waals surface area contributed by atoms with Crippen molar-refractivity contribution in [1.29, 1.82) is 0 Å². The van der Waals surface area contributed by atoms with Gasteiger partial charge in [-0.05, 0) is 57.3 Å².